The highest BCUT2D eigenvalue weighted by Crippen LogP contribution is 2.22. The standard InChI is InChI=1S/C21H23N3O2/c1-15-14-17(10-12-19(15)20(22)25)23-21(26)24-13-5-8-18(24)11-9-16-6-3-2-4-7-16/h2-4,6-7,9-12,14,18H,5,8,13H2,1H3,(H2,22,25)(H,23,26)/b11-9+. The second-order valence-corrected chi connectivity index (χ2v) is 6.50. The van der Waals surface area contributed by atoms with Crippen molar-refractivity contribution < 1.29 is 9.59 Å². The van der Waals surface area contributed by atoms with Crippen molar-refractivity contribution in [3.8, 4) is 0 Å². The summed E-state index contributed by atoms with van der Waals surface area (Å²) >= 11 is 0. The SMILES string of the molecule is Cc1cc(NC(=O)N2CCCC2/C=C/c2ccccc2)ccc1C(N)=O. The van der Waals surface area contributed by atoms with Gasteiger partial charge < -0.3 is 16.0 Å². The molecule has 1 aliphatic heterocycles. The fourth-order valence-electron chi connectivity index (χ4n) is 3.24. The van der Waals surface area contributed by atoms with E-state index in [1.165, 1.54) is 0 Å². The van der Waals surface area contributed by atoms with Crippen LogP contribution in [0, 0.1) is 6.92 Å². The summed E-state index contributed by atoms with van der Waals surface area (Å²) in [5.74, 6) is -0.467. The lowest BCUT2D eigenvalue weighted by Crippen LogP contribution is -2.37. The number of hydrogen-bond donors (Lipinski definition) is 2. The van der Waals surface area contributed by atoms with Crippen LogP contribution in [0.4, 0.5) is 10.5 Å². The van der Waals surface area contributed by atoms with E-state index in [-0.39, 0.29) is 12.1 Å². The van der Waals surface area contributed by atoms with E-state index in [0.29, 0.717) is 11.3 Å². The van der Waals surface area contributed by atoms with Gasteiger partial charge in [-0.1, -0.05) is 42.5 Å². The van der Waals surface area contributed by atoms with Crippen molar-refractivity contribution in [2.24, 2.45) is 5.73 Å². The van der Waals surface area contributed by atoms with Crippen LogP contribution in [-0.2, 0) is 0 Å². The van der Waals surface area contributed by atoms with Crippen LogP contribution in [0.2, 0.25) is 0 Å². The van der Waals surface area contributed by atoms with E-state index in [2.05, 4.69) is 17.5 Å². The molecule has 1 unspecified atom stereocenters. The molecule has 0 aliphatic carbocycles. The van der Waals surface area contributed by atoms with Gasteiger partial charge in [0.15, 0.2) is 0 Å². The van der Waals surface area contributed by atoms with Crippen LogP contribution in [0.5, 0.6) is 0 Å². The third kappa shape index (κ3) is 4.11. The van der Waals surface area contributed by atoms with Crippen LogP contribution in [-0.4, -0.2) is 29.4 Å². The van der Waals surface area contributed by atoms with E-state index in [1.807, 2.05) is 35.2 Å². The first-order valence-electron chi connectivity index (χ1n) is 8.76. The molecule has 1 atom stereocenters. The normalized spacial score (nSPS) is 16.8. The molecule has 2 aromatic rings. The maximum atomic E-state index is 12.7. The van der Waals surface area contributed by atoms with Gasteiger partial charge in [0.2, 0.25) is 5.91 Å². The van der Waals surface area contributed by atoms with Crippen LogP contribution in [0.15, 0.2) is 54.6 Å². The second kappa shape index (κ2) is 7.87. The first kappa shape index (κ1) is 17.7. The number of carbonyl (C=O) groups excluding carboxylic acids is 2. The van der Waals surface area contributed by atoms with Gasteiger partial charge in [-0.25, -0.2) is 4.79 Å². The van der Waals surface area contributed by atoms with Gasteiger partial charge in [0, 0.05) is 17.8 Å². The summed E-state index contributed by atoms with van der Waals surface area (Å²) < 4.78 is 0. The lowest BCUT2D eigenvalue weighted by Gasteiger charge is -2.23. The summed E-state index contributed by atoms with van der Waals surface area (Å²) in [6.45, 7) is 2.53. The minimum Gasteiger partial charge on any atom is -0.366 e. The van der Waals surface area contributed by atoms with Crippen molar-refractivity contribution in [1.82, 2.24) is 4.90 Å². The number of hydrogen-bond acceptors (Lipinski definition) is 2. The van der Waals surface area contributed by atoms with E-state index in [0.717, 1.165) is 30.5 Å². The number of nitrogens with zero attached hydrogens (tertiary/aromatic N) is 1. The van der Waals surface area contributed by atoms with Gasteiger partial charge in [-0.3, -0.25) is 4.79 Å². The summed E-state index contributed by atoms with van der Waals surface area (Å²) in [5, 5.41) is 2.92. The molecule has 0 radical (unpaired) electrons. The average Bonchev–Trinajstić information content (AvgIpc) is 3.09. The number of primary amides is 1. The molecule has 5 nitrogen and oxygen atoms in total. The molecular weight excluding hydrogens is 326 g/mol. The van der Waals surface area contributed by atoms with Crippen molar-refractivity contribution in [3.63, 3.8) is 0 Å². The maximum Gasteiger partial charge on any atom is 0.322 e. The number of nitrogens with two attached hydrogens (primary N) is 1. The third-order valence-electron chi connectivity index (χ3n) is 4.61. The maximum absolute atomic E-state index is 12.7. The van der Waals surface area contributed by atoms with Gasteiger partial charge in [0.1, 0.15) is 0 Å². The number of aryl methyl sites for hydroxylation is 1. The topological polar surface area (TPSA) is 75.4 Å². The molecule has 0 aromatic heterocycles. The fourth-order valence-corrected chi connectivity index (χ4v) is 3.24. The smallest absolute Gasteiger partial charge is 0.322 e. The molecule has 3 rings (SSSR count). The molecule has 2 aromatic carbocycles. The van der Waals surface area contributed by atoms with Crippen molar-refractivity contribution in [2.75, 3.05) is 11.9 Å². The molecule has 0 saturated carbocycles. The van der Waals surface area contributed by atoms with E-state index in [9.17, 15) is 9.59 Å². The van der Waals surface area contributed by atoms with Gasteiger partial charge in [0.05, 0.1) is 6.04 Å². The number of anilines is 1. The van der Waals surface area contributed by atoms with Gasteiger partial charge in [0.25, 0.3) is 0 Å². The molecule has 1 fully saturated rings. The lowest BCUT2D eigenvalue weighted by molar-refractivity contribution is 0.0999. The minimum absolute atomic E-state index is 0.0844. The van der Waals surface area contributed by atoms with E-state index in [1.54, 1.807) is 25.1 Å². The van der Waals surface area contributed by atoms with Crippen molar-refractivity contribution in [1.29, 1.82) is 0 Å². The average molecular weight is 349 g/mol. The first-order chi connectivity index (χ1) is 12.5. The van der Waals surface area contributed by atoms with Crippen LogP contribution in [0.3, 0.4) is 0 Å². The molecule has 26 heavy (non-hydrogen) atoms. The number of rotatable bonds is 4. The molecule has 3 amide bonds. The quantitative estimate of drug-likeness (QED) is 0.881. The predicted octanol–water partition coefficient (Wildman–Crippen LogP) is 3.80. The highest BCUT2D eigenvalue weighted by Gasteiger charge is 2.26. The molecule has 3 N–H and O–H groups in total. The molecule has 1 saturated heterocycles. The number of amides is 3. The molecule has 1 heterocycles. The molecule has 5 heteroatoms. The number of nitrogens with one attached hydrogen (secondary N) is 1. The number of likely N-dealkylation sites (tertiary alicyclic amines) is 1. The monoisotopic (exact) mass is 349 g/mol. The molecular formula is C21H23N3O2. The van der Waals surface area contributed by atoms with Gasteiger partial charge >= 0.3 is 6.03 Å². The van der Waals surface area contributed by atoms with Crippen molar-refractivity contribution in [2.45, 2.75) is 25.8 Å². The Morgan fingerprint density at radius 2 is 1.96 bits per heavy atom. The van der Waals surface area contributed by atoms with Crippen LogP contribution >= 0.6 is 0 Å². The van der Waals surface area contributed by atoms with Crippen LogP contribution in [0.25, 0.3) is 6.08 Å². The fraction of sp³-hybridized carbons (Fsp3) is 0.238. The number of urea groups is 1. The molecule has 0 bridgehead atoms. The Bertz CT molecular complexity index is 830. The number of benzene rings is 2. The van der Waals surface area contributed by atoms with Gasteiger partial charge in [-0.15, -0.1) is 0 Å². The third-order valence-corrected chi connectivity index (χ3v) is 4.61. The Hall–Kier alpha value is -3.08. The Balaban J connectivity index is 1.68. The molecule has 1 aliphatic rings. The second-order valence-electron chi connectivity index (χ2n) is 6.50. The summed E-state index contributed by atoms with van der Waals surface area (Å²) in [6.07, 6.45) is 6.08. The molecule has 134 valence electrons. The Morgan fingerprint density at radius 1 is 1.19 bits per heavy atom. The summed E-state index contributed by atoms with van der Waals surface area (Å²) in [7, 11) is 0. The Labute approximate surface area is 153 Å². The summed E-state index contributed by atoms with van der Waals surface area (Å²) in [5.41, 5.74) is 8.32. The van der Waals surface area contributed by atoms with E-state index < -0.39 is 5.91 Å². The summed E-state index contributed by atoms with van der Waals surface area (Å²) in [4.78, 5) is 25.8. The summed E-state index contributed by atoms with van der Waals surface area (Å²) in [6, 6.07) is 15.1. The first-order valence-corrected chi connectivity index (χ1v) is 8.76. The zero-order valence-corrected chi connectivity index (χ0v) is 14.8. The Morgan fingerprint density at radius 3 is 2.65 bits per heavy atom. The minimum atomic E-state index is -0.467. The van der Waals surface area contributed by atoms with Crippen molar-refractivity contribution >= 4 is 23.7 Å². The zero-order valence-electron chi connectivity index (χ0n) is 14.8. The lowest BCUT2D eigenvalue weighted by atomic mass is 10.1. The largest absolute Gasteiger partial charge is 0.366 e. The molecule has 0 spiro atoms. The Kier molecular flexibility index (Phi) is 5.37. The van der Waals surface area contributed by atoms with Crippen molar-refractivity contribution in [3.05, 3.63) is 71.3 Å². The highest BCUT2D eigenvalue weighted by atomic mass is 16.2. The van der Waals surface area contributed by atoms with E-state index >= 15 is 0 Å². The van der Waals surface area contributed by atoms with Crippen LogP contribution in [0.1, 0.15) is 34.3 Å². The van der Waals surface area contributed by atoms with Gasteiger partial charge in [-0.2, -0.15) is 0 Å². The predicted molar refractivity (Wildman–Crippen MR) is 104 cm³/mol. The van der Waals surface area contributed by atoms with Gasteiger partial charge in [-0.05, 0) is 49.1 Å². The highest BCUT2D eigenvalue weighted by molar-refractivity contribution is 5.96. The van der Waals surface area contributed by atoms with E-state index in [4.69, 9.17) is 5.73 Å². The van der Waals surface area contributed by atoms with Crippen LogP contribution < -0.4 is 11.1 Å². The zero-order chi connectivity index (χ0) is 18.5. The number of carbonyl (C=O) groups is 2.